The largest absolute Gasteiger partial charge is 0.478 e. The number of hydrogen-bond donors (Lipinski definition) is 2. The minimum absolute atomic E-state index is 0.153. The van der Waals surface area contributed by atoms with E-state index < -0.39 is 5.97 Å². The Balaban J connectivity index is 2.25. The fraction of sp³-hybridized carbons (Fsp3) is 0.538. The zero-order chi connectivity index (χ0) is 12.8. The van der Waals surface area contributed by atoms with Crippen molar-refractivity contribution in [2.75, 3.05) is 5.32 Å². The van der Waals surface area contributed by atoms with E-state index in [0.717, 1.165) is 0 Å². The fourth-order valence-corrected chi connectivity index (χ4v) is 2.39. The Bertz CT molecular complexity index is 452. The highest BCUT2D eigenvalue weighted by Crippen LogP contribution is 2.63. The number of aromatic nitrogens is 1. The van der Waals surface area contributed by atoms with E-state index in [2.05, 4.69) is 38.0 Å². The molecule has 92 valence electrons. The summed E-state index contributed by atoms with van der Waals surface area (Å²) in [5.74, 6) is -0.486. The Morgan fingerprint density at radius 1 is 1.35 bits per heavy atom. The van der Waals surface area contributed by atoms with Crippen LogP contribution >= 0.6 is 0 Å². The molecule has 0 atom stereocenters. The molecule has 0 unspecified atom stereocenters. The van der Waals surface area contributed by atoms with Crippen LogP contribution in [0.2, 0.25) is 0 Å². The van der Waals surface area contributed by atoms with Crippen molar-refractivity contribution in [2.45, 2.75) is 33.7 Å². The zero-order valence-corrected chi connectivity index (χ0v) is 10.6. The lowest BCUT2D eigenvalue weighted by Gasteiger charge is -2.09. The molecular weight excluding hydrogens is 216 g/mol. The number of rotatable bonds is 3. The Morgan fingerprint density at radius 2 is 1.94 bits per heavy atom. The van der Waals surface area contributed by atoms with Crippen molar-refractivity contribution in [1.82, 2.24) is 4.98 Å². The maximum Gasteiger partial charge on any atom is 0.339 e. The van der Waals surface area contributed by atoms with Crippen molar-refractivity contribution in [1.29, 1.82) is 0 Å². The molecule has 0 saturated heterocycles. The first-order chi connectivity index (χ1) is 7.78. The molecule has 17 heavy (non-hydrogen) atoms. The molecule has 0 radical (unpaired) electrons. The third kappa shape index (κ3) is 1.68. The second kappa shape index (κ2) is 3.45. The molecule has 4 heteroatoms. The van der Waals surface area contributed by atoms with Gasteiger partial charge >= 0.3 is 5.97 Å². The number of carbonyl (C=O) groups is 1. The van der Waals surface area contributed by atoms with Gasteiger partial charge in [0.1, 0.15) is 11.4 Å². The van der Waals surface area contributed by atoms with Gasteiger partial charge < -0.3 is 10.4 Å². The van der Waals surface area contributed by atoms with Crippen LogP contribution in [0.3, 0.4) is 0 Å². The van der Waals surface area contributed by atoms with Crippen molar-refractivity contribution in [3.63, 3.8) is 0 Å². The Kier molecular flexibility index (Phi) is 2.42. The van der Waals surface area contributed by atoms with Crippen LogP contribution in [-0.4, -0.2) is 22.1 Å². The van der Waals surface area contributed by atoms with E-state index in [9.17, 15) is 4.79 Å². The van der Waals surface area contributed by atoms with Gasteiger partial charge in [-0.3, -0.25) is 0 Å². The number of aromatic carboxylic acids is 1. The quantitative estimate of drug-likeness (QED) is 0.844. The molecule has 0 bridgehead atoms. The lowest BCUT2D eigenvalue weighted by molar-refractivity contribution is 0.0697. The summed E-state index contributed by atoms with van der Waals surface area (Å²) in [7, 11) is 0. The van der Waals surface area contributed by atoms with Gasteiger partial charge in [0, 0.05) is 12.2 Å². The topological polar surface area (TPSA) is 62.2 Å². The molecule has 0 aliphatic heterocycles. The lowest BCUT2D eigenvalue weighted by Crippen LogP contribution is -2.14. The van der Waals surface area contributed by atoms with Crippen LogP contribution in [0, 0.1) is 10.8 Å². The van der Waals surface area contributed by atoms with E-state index >= 15 is 0 Å². The van der Waals surface area contributed by atoms with Crippen molar-refractivity contribution in [3.8, 4) is 0 Å². The molecule has 2 rings (SSSR count). The highest BCUT2D eigenvalue weighted by Gasteiger charge is 2.65. The summed E-state index contributed by atoms with van der Waals surface area (Å²) in [5, 5.41) is 12.3. The minimum Gasteiger partial charge on any atom is -0.478 e. The number of carboxylic acid groups (broad SMARTS) is 1. The number of anilines is 1. The SMILES string of the molecule is CC1(C)C(Nc2ncccc2C(=O)O)C1(C)C. The molecule has 1 aromatic heterocycles. The Hall–Kier alpha value is -1.58. The van der Waals surface area contributed by atoms with Gasteiger partial charge in [-0.1, -0.05) is 27.7 Å². The molecular formula is C13H18N2O2. The molecule has 1 fully saturated rings. The first-order valence-corrected chi connectivity index (χ1v) is 5.73. The monoisotopic (exact) mass is 234 g/mol. The Morgan fingerprint density at radius 3 is 2.41 bits per heavy atom. The van der Waals surface area contributed by atoms with Crippen LogP contribution < -0.4 is 5.32 Å². The lowest BCUT2D eigenvalue weighted by atomic mass is 10.0. The summed E-state index contributed by atoms with van der Waals surface area (Å²) in [6, 6.07) is 3.46. The standard InChI is InChI=1S/C13H18N2O2/c1-12(2)11(13(12,3)4)15-9-8(10(16)17)6-5-7-14-9/h5-7,11H,1-4H3,(H,14,15)(H,16,17). The normalized spacial score (nSPS) is 20.9. The van der Waals surface area contributed by atoms with Gasteiger partial charge in [0.15, 0.2) is 0 Å². The molecule has 1 aliphatic rings. The number of pyridine rings is 1. The van der Waals surface area contributed by atoms with Crippen LogP contribution in [0.1, 0.15) is 38.1 Å². The van der Waals surface area contributed by atoms with E-state index in [-0.39, 0.29) is 22.4 Å². The summed E-state index contributed by atoms with van der Waals surface area (Å²) in [6.07, 6.45) is 1.61. The average Bonchev–Trinajstić information content (AvgIpc) is 2.61. The van der Waals surface area contributed by atoms with Crippen LogP contribution in [0.5, 0.6) is 0 Å². The highest BCUT2D eigenvalue weighted by atomic mass is 16.4. The van der Waals surface area contributed by atoms with Crippen LogP contribution in [0.25, 0.3) is 0 Å². The molecule has 2 N–H and O–H groups in total. The molecule has 4 nitrogen and oxygen atoms in total. The van der Waals surface area contributed by atoms with Crippen LogP contribution in [0.4, 0.5) is 5.82 Å². The smallest absolute Gasteiger partial charge is 0.339 e. The summed E-state index contributed by atoms with van der Waals surface area (Å²) < 4.78 is 0. The average molecular weight is 234 g/mol. The summed E-state index contributed by atoms with van der Waals surface area (Å²) >= 11 is 0. The van der Waals surface area contributed by atoms with E-state index in [1.807, 2.05) is 0 Å². The second-order valence-corrected chi connectivity index (χ2v) is 5.73. The van der Waals surface area contributed by atoms with Crippen molar-refractivity contribution >= 4 is 11.8 Å². The molecule has 1 heterocycles. The molecule has 1 aliphatic carbocycles. The maximum atomic E-state index is 11.1. The molecule has 0 spiro atoms. The molecule has 1 saturated carbocycles. The Labute approximate surface area is 101 Å². The first-order valence-electron chi connectivity index (χ1n) is 5.73. The van der Waals surface area contributed by atoms with Gasteiger partial charge in [-0.25, -0.2) is 9.78 Å². The van der Waals surface area contributed by atoms with Gasteiger partial charge in [0.2, 0.25) is 0 Å². The van der Waals surface area contributed by atoms with E-state index in [4.69, 9.17) is 5.11 Å². The number of nitrogens with one attached hydrogen (secondary N) is 1. The first kappa shape index (κ1) is 11.9. The molecule has 1 aromatic rings. The molecule has 0 amide bonds. The predicted molar refractivity (Wildman–Crippen MR) is 66.2 cm³/mol. The third-order valence-corrected chi connectivity index (χ3v) is 4.34. The van der Waals surface area contributed by atoms with E-state index in [1.165, 1.54) is 0 Å². The second-order valence-electron chi connectivity index (χ2n) is 5.73. The molecule has 0 aromatic carbocycles. The van der Waals surface area contributed by atoms with Gasteiger partial charge in [0.05, 0.1) is 0 Å². The predicted octanol–water partition coefficient (Wildman–Crippen LogP) is 2.63. The van der Waals surface area contributed by atoms with Gasteiger partial charge in [0.25, 0.3) is 0 Å². The van der Waals surface area contributed by atoms with Gasteiger partial charge in [-0.2, -0.15) is 0 Å². The van der Waals surface area contributed by atoms with Gasteiger partial charge in [-0.15, -0.1) is 0 Å². The number of nitrogens with zero attached hydrogens (tertiary/aromatic N) is 1. The van der Waals surface area contributed by atoms with Crippen molar-refractivity contribution in [3.05, 3.63) is 23.9 Å². The van der Waals surface area contributed by atoms with E-state index in [1.54, 1.807) is 18.3 Å². The minimum atomic E-state index is -0.947. The van der Waals surface area contributed by atoms with Crippen molar-refractivity contribution < 1.29 is 9.90 Å². The maximum absolute atomic E-state index is 11.1. The summed E-state index contributed by atoms with van der Waals surface area (Å²) in [6.45, 7) is 8.70. The number of hydrogen-bond acceptors (Lipinski definition) is 3. The third-order valence-electron chi connectivity index (χ3n) is 4.34. The fourth-order valence-electron chi connectivity index (χ4n) is 2.39. The summed E-state index contributed by atoms with van der Waals surface area (Å²) in [5.41, 5.74) is 0.534. The van der Waals surface area contributed by atoms with Crippen LogP contribution in [0.15, 0.2) is 18.3 Å². The summed E-state index contributed by atoms with van der Waals surface area (Å²) in [4.78, 5) is 15.2. The van der Waals surface area contributed by atoms with E-state index in [0.29, 0.717) is 5.82 Å². The zero-order valence-electron chi connectivity index (χ0n) is 10.6. The van der Waals surface area contributed by atoms with Crippen molar-refractivity contribution in [2.24, 2.45) is 10.8 Å². The van der Waals surface area contributed by atoms with Gasteiger partial charge in [-0.05, 0) is 23.0 Å². The van der Waals surface area contributed by atoms with Crippen LogP contribution in [-0.2, 0) is 0 Å². The number of carboxylic acids is 1. The highest BCUT2D eigenvalue weighted by molar-refractivity contribution is 5.93.